The number of fused-ring (bicyclic) bond motifs is 1. The van der Waals surface area contributed by atoms with Crippen LogP contribution in [-0.2, 0) is 4.79 Å². The second-order valence-electron chi connectivity index (χ2n) is 3.87. The van der Waals surface area contributed by atoms with Crippen molar-refractivity contribution in [1.82, 2.24) is 4.98 Å². The molecule has 2 aromatic rings. The lowest BCUT2D eigenvalue weighted by atomic mass is 10.2. The molecule has 0 bridgehead atoms. The third kappa shape index (κ3) is 2.53. The summed E-state index contributed by atoms with van der Waals surface area (Å²) in [7, 11) is 0. The molecule has 0 saturated heterocycles. The molecule has 8 heteroatoms. The van der Waals surface area contributed by atoms with E-state index >= 15 is 0 Å². The minimum absolute atomic E-state index is 0.115. The smallest absolute Gasteiger partial charge is 0.319 e. The van der Waals surface area contributed by atoms with Gasteiger partial charge in [-0.05, 0) is 24.3 Å². The van der Waals surface area contributed by atoms with E-state index in [1.165, 1.54) is 18.3 Å². The molecular formula is C12H7ClF4N2O. The molecule has 3 nitrogen and oxygen atoms in total. The Balaban J connectivity index is 2.41. The Morgan fingerprint density at radius 1 is 1.30 bits per heavy atom. The fourth-order valence-electron chi connectivity index (χ4n) is 1.54. The van der Waals surface area contributed by atoms with Crippen LogP contribution in [0.2, 0.25) is 5.02 Å². The molecule has 0 radical (unpaired) electrons. The fourth-order valence-corrected chi connectivity index (χ4v) is 1.76. The predicted molar refractivity (Wildman–Crippen MR) is 66.3 cm³/mol. The van der Waals surface area contributed by atoms with Crippen molar-refractivity contribution in [2.24, 2.45) is 0 Å². The highest BCUT2D eigenvalue weighted by Crippen LogP contribution is 2.30. The van der Waals surface area contributed by atoms with Crippen LogP contribution in [0.4, 0.5) is 23.2 Å². The molecule has 0 unspecified atom stereocenters. The summed E-state index contributed by atoms with van der Waals surface area (Å²) >= 11 is 5.89. The van der Waals surface area contributed by atoms with Crippen LogP contribution in [0, 0.1) is 0 Å². The molecule has 0 saturated carbocycles. The van der Waals surface area contributed by atoms with Crippen LogP contribution >= 0.6 is 11.6 Å². The topological polar surface area (TPSA) is 42.0 Å². The zero-order valence-electron chi connectivity index (χ0n) is 9.71. The maximum atomic E-state index is 12.9. The molecule has 0 atom stereocenters. The van der Waals surface area contributed by atoms with Crippen molar-refractivity contribution in [3.63, 3.8) is 0 Å². The number of benzene rings is 1. The van der Waals surface area contributed by atoms with Crippen molar-refractivity contribution in [3.8, 4) is 0 Å². The second-order valence-corrected chi connectivity index (χ2v) is 4.28. The zero-order chi connectivity index (χ0) is 14.9. The van der Waals surface area contributed by atoms with Gasteiger partial charge in [-0.25, -0.2) is 8.78 Å². The zero-order valence-corrected chi connectivity index (χ0v) is 10.5. The quantitative estimate of drug-likeness (QED) is 0.878. The Morgan fingerprint density at radius 2 is 2.00 bits per heavy atom. The Morgan fingerprint density at radius 3 is 2.65 bits per heavy atom. The van der Waals surface area contributed by atoms with Gasteiger partial charge in [0.25, 0.3) is 0 Å². The molecule has 1 amide bonds. The van der Waals surface area contributed by atoms with E-state index in [1.807, 2.05) is 0 Å². The number of carbonyl (C=O) groups is 1. The van der Waals surface area contributed by atoms with Gasteiger partial charge in [0.2, 0.25) is 0 Å². The highest BCUT2D eigenvalue weighted by molar-refractivity contribution is 6.35. The third-order valence-corrected chi connectivity index (χ3v) is 2.87. The lowest BCUT2D eigenvalue weighted by molar-refractivity contribution is -0.163. The molecule has 1 aromatic carbocycles. The Labute approximate surface area is 115 Å². The normalized spacial score (nSPS) is 11.9. The first-order chi connectivity index (χ1) is 9.34. The molecule has 1 N–H and O–H groups in total. The first-order valence-electron chi connectivity index (χ1n) is 5.34. The van der Waals surface area contributed by atoms with Gasteiger partial charge in [0.1, 0.15) is 0 Å². The van der Waals surface area contributed by atoms with Crippen LogP contribution in [0.25, 0.3) is 10.9 Å². The number of carbonyl (C=O) groups excluding carboxylic acids is 1. The second kappa shape index (κ2) is 5.24. The summed E-state index contributed by atoms with van der Waals surface area (Å²) in [6.45, 7) is 0. The lowest BCUT2D eigenvalue weighted by Gasteiger charge is -2.15. The number of hydrogen-bond donors (Lipinski definition) is 1. The number of anilines is 1. The number of nitrogens with zero attached hydrogens (tertiary/aromatic N) is 1. The van der Waals surface area contributed by atoms with Crippen LogP contribution in [-0.4, -0.2) is 23.2 Å². The van der Waals surface area contributed by atoms with E-state index in [0.29, 0.717) is 10.4 Å². The van der Waals surface area contributed by atoms with Gasteiger partial charge in [-0.15, -0.1) is 0 Å². The van der Waals surface area contributed by atoms with Crippen molar-refractivity contribution in [3.05, 3.63) is 35.5 Å². The average molecular weight is 307 g/mol. The number of pyridine rings is 1. The van der Waals surface area contributed by atoms with Crippen molar-refractivity contribution in [2.45, 2.75) is 12.3 Å². The van der Waals surface area contributed by atoms with Crippen molar-refractivity contribution < 1.29 is 22.4 Å². The lowest BCUT2D eigenvalue weighted by Crippen LogP contribution is -2.41. The maximum absolute atomic E-state index is 12.9. The summed E-state index contributed by atoms with van der Waals surface area (Å²) in [5, 5.41) is 2.45. The summed E-state index contributed by atoms with van der Waals surface area (Å²) in [5.74, 6) is -6.87. The minimum Gasteiger partial charge on any atom is -0.319 e. The number of rotatable bonds is 3. The number of hydrogen-bond acceptors (Lipinski definition) is 2. The van der Waals surface area contributed by atoms with E-state index in [-0.39, 0.29) is 11.2 Å². The van der Waals surface area contributed by atoms with Gasteiger partial charge in [0, 0.05) is 11.6 Å². The highest BCUT2D eigenvalue weighted by atomic mass is 35.5. The summed E-state index contributed by atoms with van der Waals surface area (Å²) in [6, 6.07) is 5.69. The van der Waals surface area contributed by atoms with Gasteiger partial charge < -0.3 is 5.32 Å². The van der Waals surface area contributed by atoms with Gasteiger partial charge in [0.15, 0.2) is 0 Å². The van der Waals surface area contributed by atoms with Gasteiger partial charge in [0.05, 0.1) is 16.2 Å². The number of alkyl halides is 4. The molecule has 2 rings (SSSR count). The Kier molecular flexibility index (Phi) is 3.80. The molecular weight excluding hydrogens is 300 g/mol. The van der Waals surface area contributed by atoms with E-state index in [9.17, 15) is 22.4 Å². The average Bonchev–Trinajstić information content (AvgIpc) is 2.42. The molecule has 1 aromatic heterocycles. The Bertz CT molecular complexity index is 663. The first-order valence-corrected chi connectivity index (χ1v) is 5.72. The third-order valence-electron chi connectivity index (χ3n) is 2.54. The van der Waals surface area contributed by atoms with Crippen LogP contribution < -0.4 is 5.32 Å². The number of nitrogens with one attached hydrogen (secondary N) is 1. The van der Waals surface area contributed by atoms with Crippen LogP contribution in [0.3, 0.4) is 0 Å². The predicted octanol–water partition coefficient (Wildman–Crippen LogP) is 3.73. The van der Waals surface area contributed by atoms with Crippen LogP contribution in [0.5, 0.6) is 0 Å². The van der Waals surface area contributed by atoms with Gasteiger partial charge in [-0.2, -0.15) is 8.78 Å². The molecule has 0 aliphatic rings. The molecule has 0 aliphatic heterocycles. The summed E-state index contributed by atoms with van der Waals surface area (Å²) in [6.07, 6.45) is -2.73. The minimum atomic E-state index is -4.78. The molecule has 0 fully saturated rings. The molecule has 0 aliphatic carbocycles. The monoisotopic (exact) mass is 306 g/mol. The van der Waals surface area contributed by atoms with Crippen molar-refractivity contribution in [1.29, 1.82) is 0 Å². The SMILES string of the molecule is O=C(Nc1ccc(Cl)c2cccnc12)C(F)(F)C(F)F. The van der Waals surface area contributed by atoms with Crippen LogP contribution in [0.1, 0.15) is 0 Å². The molecule has 20 heavy (non-hydrogen) atoms. The highest BCUT2D eigenvalue weighted by Gasteiger charge is 2.49. The van der Waals surface area contributed by atoms with E-state index < -0.39 is 18.3 Å². The standard InChI is InChI=1S/C12H7ClF4N2O/c13-7-3-4-8(9-6(7)2-1-5-18-9)19-11(20)12(16,17)10(14)15/h1-5,10H,(H,19,20). The molecule has 0 spiro atoms. The van der Waals surface area contributed by atoms with Crippen molar-refractivity contribution in [2.75, 3.05) is 5.32 Å². The van der Waals surface area contributed by atoms with Crippen molar-refractivity contribution >= 4 is 34.1 Å². The van der Waals surface area contributed by atoms with E-state index in [2.05, 4.69) is 4.98 Å². The number of halogens is 5. The summed E-state index contributed by atoms with van der Waals surface area (Å²) < 4.78 is 50.0. The molecule has 106 valence electrons. The number of amides is 1. The maximum Gasteiger partial charge on any atom is 0.383 e. The van der Waals surface area contributed by atoms with E-state index in [4.69, 9.17) is 11.6 Å². The van der Waals surface area contributed by atoms with E-state index in [1.54, 1.807) is 17.4 Å². The molecule has 1 heterocycles. The van der Waals surface area contributed by atoms with Crippen LogP contribution in [0.15, 0.2) is 30.5 Å². The summed E-state index contributed by atoms with van der Waals surface area (Å²) in [5.41, 5.74) is 0.0220. The van der Waals surface area contributed by atoms with Gasteiger partial charge in [-0.1, -0.05) is 11.6 Å². The van der Waals surface area contributed by atoms with Gasteiger partial charge in [-0.3, -0.25) is 9.78 Å². The van der Waals surface area contributed by atoms with E-state index in [0.717, 1.165) is 0 Å². The first kappa shape index (κ1) is 14.5. The largest absolute Gasteiger partial charge is 0.383 e. The fraction of sp³-hybridized carbons (Fsp3) is 0.167. The summed E-state index contributed by atoms with van der Waals surface area (Å²) in [4.78, 5) is 15.1. The number of aromatic nitrogens is 1. The van der Waals surface area contributed by atoms with Gasteiger partial charge >= 0.3 is 18.3 Å². The Hall–Kier alpha value is -1.89.